The summed E-state index contributed by atoms with van der Waals surface area (Å²) in [5.41, 5.74) is 0.125. The summed E-state index contributed by atoms with van der Waals surface area (Å²) in [5, 5.41) is 11.8. The molecule has 0 saturated heterocycles. The van der Waals surface area contributed by atoms with Crippen molar-refractivity contribution in [3.63, 3.8) is 0 Å². The fourth-order valence-electron chi connectivity index (χ4n) is 2.64. The van der Waals surface area contributed by atoms with Crippen LogP contribution in [-0.2, 0) is 11.8 Å². The molecule has 1 N–H and O–H groups in total. The van der Waals surface area contributed by atoms with Crippen molar-refractivity contribution < 1.29 is 4.42 Å². The highest BCUT2D eigenvalue weighted by atomic mass is 16.4. The lowest BCUT2D eigenvalue weighted by atomic mass is 9.76. The highest BCUT2D eigenvalue weighted by molar-refractivity contribution is 5.03. The van der Waals surface area contributed by atoms with Crippen molar-refractivity contribution in [1.29, 1.82) is 0 Å². The Hall–Kier alpha value is -0.900. The van der Waals surface area contributed by atoms with E-state index in [1.165, 1.54) is 32.1 Å². The summed E-state index contributed by atoms with van der Waals surface area (Å²) in [6, 6.07) is 0. The highest BCUT2D eigenvalue weighted by Gasteiger charge is 2.33. The van der Waals surface area contributed by atoms with Crippen molar-refractivity contribution in [3.8, 4) is 0 Å². The van der Waals surface area contributed by atoms with Crippen LogP contribution in [0.4, 0.5) is 0 Å². The number of nitrogens with one attached hydrogen (secondary N) is 1. The Morgan fingerprint density at radius 3 is 2.67 bits per heavy atom. The molecule has 0 aromatic carbocycles. The van der Waals surface area contributed by atoms with Gasteiger partial charge in [0.25, 0.3) is 0 Å². The van der Waals surface area contributed by atoms with Gasteiger partial charge in [-0.05, 0) is 25.8 Å². The first-order valence-corrected chi connectivity index (χ1v) is 7.28. The Bertz CT molecular complexity index is 356. The van der Waals surface area contributed by atoms with Crippen molar-refractivity contribution >= 4 is 0 Å². The van der Waals surface area contributed by atoms with Crippen LogP contribution < -0.4 is 5.32 Å². The van der Waals surface area contributed by atoms with Crippen molar-refractivity contribution in [1.82, 2.24) is 15.5 Å². The maximum atomic E-state index is 5.84. The molecule has 4 heteroatoms. The molecule has 0 aliphatic heterocycles. The first-order valence-electron chi connectivity index (χ1n) is 7.28. The highest BCUT2D eigenvalue weighted by Crippen LogP contribution is 2.38. The topological polar surface area (TPSA) is 51.0 Å². The van der Waals surface area contributed by atoms with Crippen LogP contribution in [0, 0.1) is 0 Å². The molecule has 0 spiro atoms. The van der Waals surface area contributed by atoms with E-state index < -0.39 is 0 Å². The maximum Gasteiger partial charge on any atom is 0.222 e. The lowest BCUT2D eigenvalue weighted by Crippen LogP contribution is -2.25. The van der Waals surface area contributed by atoms with E-state index >= 15 is 0 Å². The Morgan fingerprint density at radius 1 is 1.17 bits per heavy atom. The molecule has 1 aromatic heterocycles. The lowest BCUT2D eigenvalue weighted by molar-refractivity contribution is 0.251. The van der Waals surface area contributed by atoms with E-state index in [1.807, 2.05) is 0 Å². The monoisotopic (exact) mass is 251 g/mol. The van der Waals surface area contributed by atoms with Crippen molar-refractivity contribution in [2.45, 2.75) is 64.2 Å². The van der Waals surface area contributed by atoms with Gasteiger partial charge in [0.2, 0.25) is 11.8 Å². The number of aromatic nitrogens is 2. The Balaban J connectivity index is 1.88. The number of nitrogens with zero attached hydrogens (tertiary/aromatic N) is 2. The van der Waals surface area contributed by atoms with Gasteiger partial charge < -0.3 is 9.73 Å². The summed E-state index contributed by atoms with van der Waals surface area (Å²) in [7, 11) is 0. The predicted octanol–water partition coefficient (Wildman–Crippen LogP) is 2.83. The summed E-state index contributed by atoms with van der Waals surface area (Å²) < 4.78 is 5.84. The van der Waals surface area contributed by atoms with Crippen molar-refractivity contribution in [2.24, 2.45) is 0 Å². The first kappa shape index (κ1) is 13.5. The summed E-state index contributed by atoms with van der Waals surface area (Å²) in [5.74, 6) is 1.63. The zero-order valence-electron chi connectivity index (χ0n) is 11.7. The molecule has 2 rings (SSSR count). The van der Waals surface area contributed by atoms with E-state index in [9.17, 15) is 0 Å². The van der Waals surface area contributed by atoms with E-state index in [1.54, 1.807) is 0 Å². The second-order valence-electron chi connectivity index (χ2n) is 5.62. The molecule has 1 aliphatic rings. The largest absolute Gasteiger partial charge is 0.425 e. The summed E-state index contributed by atoms with van der Waals surface area (Å²) in [4.78, 5) is 0. The smallest absolute Gasteiger partial charge is 0.222 e. The van der Waals surface area contributed by atoms with Crippen LogP contribution in [-0.4, -0.2) is 23.3 Å². The quantitative estimate of drug-likeness (QED) is 0.790. The zero-order chi connectivity index (χ0) is 12.8. The van der Waals surface area contributed by atoms with Crippen molar-refractivity contribution in [3.05, 3.63) is 11.8 Å². The molecule has 0 amide bonds. The number of rotatable bonds is 6. The molecule has 1 saturated carbocycles. The van der Waals surface area contributed by atoms with Gasteiger partial charge in [-0.2, -0.15) is 0 Å². The van der Waals surface area contributed by atoms with E-state index in [-0.39, 0.29) is 5.41 Å². The molecule has 1 heterocycles. The summed E-state index contributed by atoms with van der Waals surface area (Å²) in [6.07, 6.45) is 8.28. The van der Waals surface area contributed by atoms with Gasteiger partial charge in [0.15, 0.2) is 0 Å². The van der Waals surface area contributed by atoms with Gasteiger partial charge in [-0.25, -0.2) is 0 Å². The minimum absolute atomic E-state index is 0.125. The van der Waals surface area contributed by atoms with Crippen molar-refractivity contribution in [2.75, 3.05) is 13.1 Å². The van der Waals surface area contributed by atoms with Crippen LogP contribution >= 0.6 is 0 Å². The molecule has 4 nitrogen and oxygen atoms in total. The molecule has 1 fully saturated rings. The van der Waals surface area contributed by atoms with E-state index in [0.717, 1.165) is 37.7 Å². The molecule has 0 radical (unpaired) electrons. The minimum Gasteiger partial charge on any atom is -0.425 e. The molecule has 0 bridgehead atoms. The van der Waals surface area contributed by atoms with E-state index in [0.29, 0.717) is 0 Å². The first-order chi connectivity index (χ1) is 8.74. The van der Waals surface area contributed by atoms with E-state index in [2.05, 4.69) is 29.4 Å². The molecule has 1 aromatic rings. The third-order valence-electron chi connectivity index (χ3n) is 3.88. The van der Waals surface area contributed by atoms with Crippen LogP contribution in [0.2, 0.25) is 0 Å². The number of hydrogen-bond acceptors (Lipinski definition) is 4. The second-order valence-corrected chi connectivity index (χ2v) is 5.62. The van der Waals surface area contributed by atoms with Gasteiger partial charge in [0, 0.05) is 18.4 Å². The normalized spacial score (nSPS) is 19.0. The van der Waals surface area contributed by atoms with Crippen LogP contribution in [0.3, 0.4) is 0 Å². The van der Waals surface area contributed by atoms with Gasteiger partial charge >= 0.3 is 0 Å². The SMILES string of the molecule is CCCNCCc1nnc(C2(C)CCCCC2)o1. The van der Waals surface area contributed by atoms with Gasteiger partial charge in [-0.3, -0.25) is 0 Å². The lowest BCUT2D eigenvalue weighted by Gasteiger charge is -2.29. The minimum atomic E-state index is 0.125. The molecular formula is C14H25N3O. The molecule has 0 atom stereocenters. The standard InChI is InChI=1S/C14H25N3O/c1-3-10-15-11-7-12-16-17-13(18-12)14(2)8-5-4-6-9-14/h15H,3-11H2,1-2H3. The van der Waals surface area contributed by atoms with Crippen LogP contribution in [0.1, 0.15) is 64.2 Å². The zero-order valence-corrected chi connectivity index (χ0v) is 11.7. The fourth-order valence-corrected chi connectivity index (χ4v) is 2.64. The molecule has 102 valence electrons. The van der Waals surface area contributed by atoms with Gasteiger partial charge in [0.05, 0.1) is 0 Å². The average Bonchev–Trinajstić information content (AvgIpc) is 2.85. The Labute approximate surface area is 110 Å². The second kappa shape index (κ2) is 6.32. The Kier molecular flexibility index (Phi) is 4.75. The third-order valence-corrected chi connectivity index (χ3v) is 3.88. The Morgan fingerprint density at radius 2 is 1.94 bits per heavy atom. The third kappa shape index (κ3) is 3.31. The molecule has 18 heavy (non-hydrogen) atoms. The van der Waals surface area contributed by atoms with E-state index in [4.69, 9.17) is 4.42 Å². The predicted molar refractivity (Wildman–Crippen MR) is 71.6 cm³/mol. The number of hydrogen-bond donors (Lipinski definition) is 1. The van der Waals surface area contributed by atoms with Gasteiger partial charge in [0.1, 0.15) is 0 Å². The molecular weight excluding hydrogens is 226 g/mol. The average molecular weight is 251 g/mol. The van der Waals surface area contributed by atoms with Gasteiger partial charge in [-0.1, -0.05) is 33.1 Å². The fraction of sp³-hybridized carbons (Fsp3) is 0.857. The van der Waals surface area contributed by atoms with Crippen LogP contribution in [0.25, 0.3) is 0 Å². The molecule has 1 aliphatic carbocycles. The van der Waals surface area contributed by atoms with Crippen LogP contribution in [0.5, 0.6) is 0 Å². The van der Waals surface area contributed by atoms with Gasteiger partial charge in [-0.15, -0.1) is 10.2 Å². The summed E-state index contributed by atoms with van der Waals surface area (Å²) in [6.45, 7) is 6.41. The molecule has 0 unspecified atom stereocenters. The maximum absolute atomic E-state index is 5.84. The van der Waals surface area contributed by atoms with Crippen LogP contribution in [0.15, 0.2) is 4.42 Å². The summed E-state index contributed by atoms with van der Waals surface area (Å²) >= 11 is 0.